The maximum atomic E-state index is 5.60. The zero-order valence-corrected chi connectivity index (χ0v) is 14.6. The molecular weight excluding hydrogens is 273 g/mol. The van der Waals surface area contributed by atoms with Gasteiger partial charge in [-0.15, -0.1) is 0 Å². The minimum atomic E-state index is -1.75. The summed E-state index contributed by atoms with van der Waals surface area (Å²) in [5, 5.41) is 0. The van der Waals surface area contributed by atoms with Crippen molar-refractivity contribution in [1.29, 1.82) is 0 Å². The Balaban J connectivity index is 4.87. The van der Waals surface area contributed by atoms with E-state index in [1.165, 1.54) is 0 Å². The van der Waals surface area contributed by atoms with E-state index < -0.39 is 21.3 Å². The van der Waals surface area contributed by atoms with Crippen LogP contribution in [0, 0.1) is 11.5 Å². The van der Waals surface area contributed by atoms with Gasteiger partial charge < -0.3 is 0 Å². The average molecular weight is 297 g/mol. The molecule has 0 saturated heterocycles. The number of ether oxygens (including phenoxy) is 1. The molecule has 0 saturated carbocycles. The van der Waals surface area contributed by atoms with Gasteiger partial charge in [0.1, 0.15) is 0 Å². The fourth-order valence-corrected chi connectivity index (χ4v) is 3.38. The van der Waals surface area contributed by atoms with Crippen LogP contribution >= 0.6 is 0 Å². The third kappa shape index (κ3) is 10.1. The maximum absolute atomic E-state index is 5.60. The van der Waals surface area contributed by atoms with Crippen LogP contribution in [-0.4, -0.2) is 27.9 Å². The van der Waals surface area contributed by atoms with Crippen LogP contribution in [0.5, 0.6) is 0 Å². The third-order valence-corrected chi connectivity index (χ3v) is 4.72. The Kier molecular flexibility index (Phi) is 6.20. The van der Waals surface area contributed by atoms with Crippen molar-refractivity contribution in [2.24, 2.45) is 0 Å². The van der Waals surface area contributed by atoms with Crippen LogP contribution in [0.15, 0.2) is 23.3 Å². The summed E-state index contributed by atoms with van der Waals surface area (Å²) in [6, 6.07) is 0. The Morgan fingerprint density at radius 2 is 1.88 bits per heavy atom. The molecule has 0 heterocycles. The molecule has 0 atom stereocenters. The van der Waals surface area contributed by atoms with Crippen LogP contribution in [0.4, 0.5) is 0 Å². The van der Waals surface area contributed by atoms with Gasteiger partial charge in [0, 0.05) is 0 Å². The zero-order chi connectivity index (χ0) is 12.8. The van der Waals surface area contributed by atoms with Crippen molar-refractivity contribution in [3.05, 3.63) is 23.3 Å². The standard InChI is InChI=1S/C13H24GeOSi/c1-8-10-15-13(12-14(2,3)4)9-11-16(5,6)7/h8,12H,1,10H2,2-7H3/b13-12-. The first-order valence-electron chi connectivity index (χ1n) is 5.64. The Morgan fingerprint density at radius 3 is 2.25 bits per heavy atom. The summed E-state index contributed by atoms with van der Waals surface area (Å²) in [6.07, 6.45) is 1.76. The number of allylic oxidation sites excluding steroid dienone is 1. The number of rotatable bonds is 4. The van der Waals surface area contributed by atoms with E-state index >= 15 is 0 Å². The summed E-state index contributed by atoms with van der Waals surface area (Å²) < 4.78 is 5.60. The van der Waals surface area contributed by atoms with Gasteiger partial charge in [0.25, 0.3) is 0 Å². The Labute approximate surface area is 104 Å². The van der Waals surface area contributed by atoms with Crippen molar-refractivity contribution in [1.82, 2.24) is 0 Å². The molecule has 0 aliphatic heterocycles. The van der Waals surface area contributed by atoms with Gasteiger partial charge in [0.05, 0.1) is 0 Å². The first kappa shape index (κ1) is 15.6. The molecule has 90 valence electrons. The van der Waals surface area contributed by atoms with E-state index in [2.05, 4.69) is 59.9 Å². The van der Waals surface area contributed by atoms with Crippen molar-refractivity contribution in [2.75, 3.05) is 6.61 Å². The van der Waals surface area contributed by atoms with Crippen molar-refractivity contribution in [3.63, 3.8) is 0 Å². The molecule has 0 bridgehead atoms. The third-order valence-electron chi connectivity index (χ3n) is 1.48. The molecule has 0 rings (SSSR count). The van der Waals surface area contributed by atoms with Gasteiger partial charge in [-0.2, -0.15) is 0 Å². The van der Waals surface area contributed by atoms with E-state index in [1.54, 1.807) is 6.08 Å². The summed E-state index contributed by atoms with van der Waals surface area (Å²) in [5.74, 6) is 11.0. The van der Waals surface area contributed by atoms with Gasteiger partial charge in [-0.3, -0.25) is 0 Å². The molecule has 3 heteroatoms. The van der Waals surface area contributed by atoms with Crippen LogP contribution in [0.2, 0.25) is 36.9 Å². The molecule has 0 unspecified atom stereocenters. The van der Waals surface area contributed by atoms with Crippen LogP contribution in [0.1, 0.15) is 0 Å². The van der Waals surface area contributed by atoms with Crippen LogP contribution < -0.4 is 0 Å². The van der Waals surface area contributed by atoms with Gasteiger partial charge in [-0.05, 0) is 0 Å². The summed E-state index contributed by atoms with van der Waals surface area (Å²) in [4.78, 5) is 2.26. The fourth-order valence-electron chi connectivity index (χ4n) is 0.905. The number of hydrogen-bond acceptors (Lipinski definition) is 1. The molecule has 0 N–H and O–H groups in total. The van der Waals surface area contributed by atoms with Crippen molar-refractivity contribution >= 4 is 21.3 Å². The summed E-state index contributed by atoms with van der Waals surface area (Å²) >= 11 is -1.75. The van der Waals surface area contributed by atoms with Crippen molar-refractivity contribution in [3.8, 4) is 11.5 Å². The van der Waals surface area contributed by atoms with E-state index in [1.807, 2.05) is 0 Å². The Morgan fingerprint density at radius 1 is 1.31 bits per heavy atom. The normalized spacial score (nSPS) is 12.8. The molecular formula is C13H24GeOSi. The molecule has 0 fully saturated rings. The van der Waals surface area contributed by atoms with E-state index in [9.17, 15) is 0 Å². The molecule has 0 spiro atoms. The first-order chi connectivity index (χ1) is 7.14. The van der Waals surface area contributed by atoms with E-state index in [0.29, 0.717) is 6.61 Å². The van der Waals surface area contributed by atoms with Gasteiger partial charge in [-0.1, -0.05) is 0 Å². The first-order valence-corrected chi connectivity index (χ1v) is 16.6. The average Bonchev–Trinajstić information content (AvgIpc) is 2.06. The molecule has 0 aromatic rings. The van der Waals surface area contributed by atoms with Crippen LogP contribution in [0.3, 0.4) is 0 Å². The second-order valence-electron chi connectivity index (χ2n) is 5.97. The van der Waals surface area contributed by atoms with Gasteiger partial charge >= 0.3 is 104 Å². The van der Waals surface area contributed by atoms with E-state index in [4.69, 9.17) is 4.74 Å². The second kappa shape index (κ2) is 6.36. The molecule has 1 nitrogen and oxygen atoms in total. The SMILES string of the molecule is C=CCO/C(C#C[Si](C)(C)C)=[CH]\[Ge]([CH3])([CH3])[CH3]. The summed E-state index contributed by atoms with van der Waals surface area (Å²) in [5.41, 5.74) is 3.34. The van der Waals surface area contributed by atoms with E-state index in [-0.39, 0.29) is 0 Å². The minimum absolute atomic E-state index is 0.546. The molecule has 16 heavy (non-hydrogen) atoms. The van der Waals surface area contributed by atoms with Gasteiger partial charge in [0.2, 0.25) is 0 Å². The summed E-state index contributed by atoms with van der Waals surface area (Å²) in [6.45, 7) is 10.9. The monoisotopic (exact) mass is 298 g/mol. The molecule has 0 radical (unpaired) electrons. The molecule has 0 aliphatic carbocycles. The van der Waals surface area contributed by atoms with Crippen molar-refractivity contribution in [2.45, 2.75) is 36.9 Å². The zero-order valence-electron chi connectivity index (χ0n) is 11.5. The second-order valence-corrected chi connectivity index (χ2v) is 21.3. The quantitative estimate of drug-likeness (QED) is 0.332. The topological polar surface area (TPSA) is 9.23 Å². The predicted molar refractivity (Wildman–Crippen MR) is 78.7 cm³/mol. The Hall–Kier alpha value is -0.400. The molecule has 0 aliphatic rings. The molecule has 0 aromatic carbocycles. The van der Waals surface area contributed by atoms with E-state index in [0.717, 1.165) is 5.76 Å². The van der Waals surface area contributed by atoms with Crippen LogP contribution in [0.25, 0.3) is 0 Å². The number of hydrogen-bond donors (Lipinski definition) is 0. The summed E-state index contributed by atoms with van der Waals surface area (Å²) in [7, 11) is -1.32. The van der Waals surface area contributed by atoms with Crippen LogP contribution in [-0.2, 0) is 4.74 Å². The predicted octanol–water partition coefficient (Wildman–Crippen LogP) is 3.83. The van der Waals surface area contributed by atoms with Gasteiger partial charge in [-0.25, -0.2) is 0 Å². The van der Waals surface area contributed by atoms with Crippen molar-refractivity contribution < 1.29 is 4.74 Å². The molecule has 0 amide bonds. The Bertz CT molecular complexity index is 321. The molecule has 0 aromatic heterocycles. The van der Waals surface area contributed by atoms with Gasteiger partial charge in [0.15, 0.2) is 0 Å². The fraction of sp³-hybridized carbons (Fsp3) is 0.538.